The molecule has 164 valence electrons. The Balaban J connectivity index is 1.46. The summed E-state index contributed by atoms with van der Waals surface area (Å²) < 4.78 is 2.64. The summed E-state index contributed by atoms with van der Waals surface area (Å²) in [6.45, 7) is 1.95. The number of hydrogen-bond donors (Lipinski definition) is 4. The van der Waals surface area contributed by atoms with Gasteiger partial charge < -0.3 is 26.2 Å². The van der Waals surface area contributed by atoms with E-state index < -0.39 is 17.6 Å². The van der Waals surface area contributed by atoms with Gasteiger partial charge in [-0.05, 0) is 46.1 Å². The molecule has 0 amide bonds. The molecule has 32 heavy (non-hydrogen) atoms. The summed E-state index contributed by atoms with van der Waals surface area (Å²) in [5, 5.41) is 23.5. The number of fused-ring (bicyclic) bond motifs is 2. The SMILES string of the molecule is C[C@]1(/C=C/c2ccc3cc(Br)c(N)nc3c2)C[C@@H](n2ccc3c(N)ncnc32)[C@H](O)[C@@H]1O. The predicted octanol–water partition coefficient (Wildman–Crippen LogP) is 3.29. The molecule has 3 aromatic heterocycles. The molecule has 8 nitrogen and oxygen atoms in total. The maximum absolute atomic E-state index is 10.9. The first kappa shape index (κ1) is 20.9. The Morgan fingerprint density at radius 1 is 1.16 bits per heavy atom. The zero-order valence-corrected chi connectivity index (χ0v) is 18.9. The van der Waals surface area contributed by atoms with Crippen LogP contribution < -0.4 is 11.5 Å². The smallest absolute Gasteiger partial charge is 0.145 e. The highest BCUT2D eigenvalue weighted by molar-refractivity contribution is 9.10. The molecule has 1 aliphatic carbocycles. The van der Waals surface area contributed by atoms with Crippen LogP contribution in [-0.4, -0.2) is 41.9 Å². The zero-order chi connectivity index (χ0) is 22.6. The van der Waals surface area contributed by atoms with Gasteiger partial charge in [0.1, 0.15) is 29.7 Å². The van der Waals surface area contributed by atoms with Gasteiger partial charge in [-0.3, -0.25) is 0 Å². The molecule has 1 aromatic carbocycles. The molecule has 3 heterocycles. The van der Waals surface area contributed by atoms with Gasteiger partial charge in [-0.1, -0.05) is 31.2 Å². The lowest BCUT2D eigenvalue weighted by atomic mass is 9.85. The largest absolute Gasteiger partial charge is 0.389 e. The molecule has 0 bridgehead atoms. The average molecular weight is 495 g/mol. The Morgan fingerprint density at radius 2 is 1.97 bits per heavy atom. The van der Waals surface area contributed by atoms with Gasteiger partial charge in [0.15, 0.2) is 0 Å². The van der Waals surface area contributed by atoms with Crippen molar-refractivity contribution in [2.75, 3.05) is 11.5 Å². The topological polar surface area (TPSA) is 136 Å². The number of hydrogen-bond acceptors (Lipinski definition) is 7. The van der Waals surface area contributed by atoms with Gasteiger partial charge in [0.25, 0.3) is 0 Å². The minimum atomic E-state index is -0.952. The fourth-order valence-corrected chi connectivity index (χ4v) is 4.88. The summed E-state index contributed by atoms with van der Waals surface area (Å²) in [5.41, 5.74) is 13.6. The Morgan fingerprint density at radius 3 is 2.78 bits per heavy atom. The van der Waals surface area contributed by atoms with Crippen LogP contribution in [0.25, 0.3) is 28.0 Å². The van der Waals surface area contributed by atoms with Gasteiger partial charge in [0.05, 0.1) is 27.5 Å². The third kappa shape index (κ3) is 3.33. The highest BCUT2D eigenvalue weighted by Crippen LogP contribution is 2.46. The van der Waals surface area contributed by atoms with Gasteiger partial charge in [-0.15, -0.1) is 0 Å². The van der Waals surface area contributed by atoms with Gasteiger partial charge in [0, 0.05) is 17.0 Å². The number of anilines is 2. The van der Waals surface area contributed by atoms with Crippen molar-refractivity contribution < 1.29 is 10.2 Å². The number of aliphatic hydroxyl groups excluding tert-OH is 2. The summed E-state index contributed by atoms with van der Waals surface area (Å²) in [6, 6.07) is 9.34. The second-order valence-electron chi connectivity index (χ2n) is 8.57. The number of halogens is 1. The molecular formula is C23H23BrN6O2. The molecule has 6 N–H and O–H groups in total. The second kappa shape index (κ2) is 7.54. The molecule has 4 atom stereocenters. The molecule has 0 saturated heterocycles. The number of nitrogens with two attached hydrogens (primary N) is 2. The lowest BCUT2D eigenvalue weighted by Gasteiger charge is -2.24. The minimum absolute atomic E-state index is 0.345. The normalized spacial score (nSPS) is 25.9. The first-order valence-corrected chi connectivity index (χ1v) is 11.0. The third-order valence-corrected chi connectivity index (χ3v) is 7.05. The molecular weight excluding hydrogens is 472 g/mol. The summed E-state index contributed by atoms with van der Waals surface area (Å²) >= 11 is 3.40. The molecule has 5 rings (SSSR count). The zero-order valence-electron chi connectivity index (χ0n) is 17.4. The summed E-state index contributed by atoms with van der Waals surface area (Å²) in [5.74, 6) is 0.827. The van der Waals surface area contributed by atoms with Crippen molar-refractivity contribution in [3.8, 4) is 0 Å². The minimum Gasteiger partial charge on any atom is -0.389 e. The van der Waals surface area contributed by atoms with Crippen molar-refractivity contribution in [1.29, 1.82) is 0 Å². The maximum Gasteiger partial charge on any atom is 0.145 e. The highest BCUT2D eigenvalue weighted by Gasteiger charge is 2.49. The monoisotopic (exact) mass is 494 g/mol. The van der Waals surface area contributed by atoms with E-state index in [0.717, 1.165) is 26.3 Å². The van der Waals surface area contributed by atoms with E-state index in [2.05, 4.69) is 30.9 Å². The van der Waals surface area contributed by atoms with E-state index in [4.69, 9.17) is 11.5 Å². The fourth-order valence-electron chi connectivity index (χ4n) is 4.54. The van der Waals surface area contributed by atoms with E-state index >= 15 is 0 Å². The Kier molecular flexibility index (Phi) is 4.92. The number of benzene rings is 1. The molecule has 1 fully saturated rings. The van der Waals surface area contributed by atoms with Gasteiger partial charge in [0.2, 0.25) is 0 Å². The van der Waals surface area contributed by atoms with Crippen LogP contribution in [0.2, 0.25) is 0 Å². The number of aliphatic hydroxyl groups is 2. The van der Waals surface area contributed by atoms with Crippen molar-refractivity contribution in [1.82, 2.24) is 19.5 Å². The standard InChI is InChI=1S/C23H23BrN6O2/c1-23(6-4-12-2-3-13-9-15(24)21(26)29-16(13)8-12)10-17(18(31)19(23)32)30-7-5-14-20(25)27-11-28-22(14)30/h2-9,11,17-19,31-32H,10H2,1H3,(H2,26,29)(H2,25,27,28)/b6-4+/t17-,18+,19+,23+/m1/s1. The summed E-state index contributed by atoms with van der Waals surface area (Å²) in [7, 11) is 0. The lowest BCUT2D eigenvalue weighted by Crippen LogP contribution is -2.33. The maximum atomic E-state index is 10.9. The van der Waals surface area contributed by atoms with E-state index in [1.54, 1.807) is 0 Å². The van der Waals surface area contributed by atoms with Crippen LogP contribution in [0.1, 0.15) is 24.9 Å². The lowest BCUT2D eigenvalue weighted by molar-refractivity contribution is -0.00705. The van der Waals surface area contributed by atoms with Crippen molar-refractivity contribution >= 4 is 55.6 Å². The van der Waals surface area contributed by atoms with Crippen LogP contribution in [0.5, 0.6) is 0 Å². The highest BCUT2D eigenvalue weighted by atomic mass is 79.9. The quantitative estimate of drug-likeness (QED) is 0.342. The number of aromatic nitrogens is 4. The number of rotatable bonds is 3. The molecule has 1 aliphatic rings. The molecule has 0 aliphatic heterocycles. The third-order valence-electron chi connectivity index (χ3n) is 6.42. The van der Waals surface area contributed by atoms with Crippen LogP contribution >= 0.6 is 15.9 Å². The molecule has 1 saturated carbocycles. The molecule has 0 spiro atoms. The van der Waals surface area contributed by atoms with Gasteiger partial charge >= 0.3 is 0 Å². The Hall–Kier alpha value is -3.01. The first-order valence-electron chi connectivity index (χ1n) is 10.2. The van der Waals surface area contributed by atoms with Gasteiger partial charge in [-0.2, -0.15) is 0 Å². The molecule has 0 radical (unpaired) electrons. The van der Waals surface area contributed by atoms with Crippen molar-refractivity contribution in [3.63, 3.8) is 0 Å². The van der Waals surface area contributed by atoms with E-state index in [1.165, 1.54) is 6.33 Å². The van der Waals surface area contributed by atoms with Crippen LogP contribution in [0.15, 0.2) is 53.4 Å². The molecule has 4 aromatic rings. The predicted molar refractivity (Wildman–Crippen MR) is 129 cm³/mol. The Labute approximate surface area is 192 Å². The van der Waals surface area contributed by atoms with Crippen LogP contribution in [-0.2, 0) is 0 Å². The summed E-state index contributed by atoms with van der Waals surface area (Å²) in [6.07, 6.45) is 5.79. The first-order chi connectivity index (χ1) is 15.3. The molecule has 9 heteroatoms. The van der Waals surface area contributed by atoms with Crippen molar-refractivity contribution in [3.05, 3.63) is 59.0 Å². The fraction of sp³-hybridized carbons (Fsp3) is 0.261. The van der Waals surface area contributed by atoms with Crippen LogP contribution in [0.3, 0.4) is 0 Å². The van der Waals surface area contributed by atoms with E-state index in [9.17, 15) is 10.2 Å². The van der Waals surface area contributed by atoms with Crippen molar-refractivity contribution in [2.24, 2.45) is 5.41 Å². The number of nitrogen functional groups attached to an aromatic ring is 2. The average Bonchev–Trinajstić information content (AvgIpc) is 3.29. The van der Waals surface area contributed by atoms with E-state index in [0.29, 0.717) is 23.7 Å². The number of pyridine rings is 1. The summed E-state index contributed by atoms with van der Waals surface area (Å²) in [4.78, 5) is 12.8. The van der Waals surface area contributed by atoms with Crippen LogP contribution in [0, 0.1) is 5.41 Å². The van der Waals surface area contributed by atoms with Crippen molar-refractivity contribution in [2.45, 2.75) is 31.6 Å². The Bertz CT molecular complexity index is 1370. The van der Waals surface area contributed by atoms with E-state index in [-0.39, 0.29) is 6.04 Å². The van der Waals surface area contributed by atoms with Gasteiger partial charge in [-0.25, -0.2) is 15.0 Å². The number of nitrogens with zero attached hydrogens (tertiary/aromatic N) is 4. The van der Waals surface area contributed by atoms with E-state index in [1.807, 2.05) is 60.2 Å². The molecule has 0 unspecified atom stereocenters. The second-order valence-corrected chi connectivity index (χ2v) is 9.43. The van der Waals surface area contributed by atoms with Crippen LogP contribution in [0.4, 0.5) is 11.6 Å².